The average Bonchev–Trinajstić information content (AvgIpc) is 2.92. The van der Waals surface area contributed by atoms with Gasteiger partial charge in [-0.1, -0.05) is 50.2 Å². The predicted molar refractivity (Wildman–Crippen MR) is 157 cm³/mol. The Morgan fingerprint density at radius 1 is 0.951 bits per heavy atom. The second kappa shape index (κ2) is 13.1. The second-order valence-electron chi connectivity index (χ2n) is 12.0. The van der Waals surface area contributed by atoms with Gasteiger partial charge in [-0.25, -0.2) is 0 Å². The Balaban J connectivity index is 1.27. The van der Waals surface area contributed by atoms with Crippen molar-refractivity contribution in [1.82, 2.24) is 15.1 Å². The summed E-state index contributed by atoms with van der Waals surface area (Å²) in [4.78, 5) is 17.3. The Morgan fingerprint density at radius 3 is 2.29 bits per heavy atom. The summed E-state index contributed by atoms with van der Waals surface area (Å²) in [6, 6.07) is 20.6. The fraction of sp³-hybridized carbons (Fsp3) is 0.424. The van der Waals surface area contributed by atoms with Crippen LogP contribution in [0.25, 0.3) is 11.1 Å². The van der Waals surface area contributed by atoms with E-state index in [2.05, 4.69) is 29.0 Å². The van der Waals surface area contributed by atoms with Crippen LogP contribution in [0.1, 0.15) is 48.2 Å². The molecule has 5 nitrogen and oxygen atoms in total. The molecule has 8 heteroatoms. The summed E-state index contributed by atoms with van der Waals surface area (Å²) in [7, 11) is 4.05. The van der Waals surface area contributed by atoms with Gasteiger partial charge in [0.25, 0.3) is 5.91 Å². The van der Waals surface area contributed by atoms with Gasteiger partial charge in [0.05, 0.1) is 5.56 Å². The highest BCUT2D eigenvalue weighted by Crippen LogP contribution is 2.31. The maximum atomic E-state index is 12.9. The molecule has 1 N–H and O–H groups in total. The number of alkyl halides is 3. The van der Waals surface area contributed by atoms with Gasteiger partial charge in [-0.05, 0) is 85.4 Å². The lowest BCUT2D eigenvalue weighted by molar-refractivity contribution is -0.137. The minimum atomic E-state index is -4.34. The minimum absolute atomic E-state index is 0.0369. The number of nitrogens with zero attached hydrogens (tertiary/aromatic N) is 2. The molecule has 1 amide bonds. The number of halogens is 3. The molecule has 0 aromatic heterocycles. The number of rotatable bonds is 10. The lowest BCUT2D eigenvalue weighted by atomic mass is 9.93. The molecule has 0 unspecified atom stereocenters. The largest absolute Gasteiger partial charge is 0.490 e. The highest BCUT2D eigenvalue weighted by Gasteiger charge is 2.30. The van der Waals surface area contributed by atoms with Gasteiger partial charge in [0.15, 0.2) is 0 Å². The first-order valence-electron chi connectivity index (χ1n) is 14.1. The Bertz CT molecular complexity index is 1300. The Hall–Kier alpha value is -3.36. The van der Waals surface area contributed by atoms with Crippen molar-refractivity contribution in [3.8, 4) is 16.9 Å². The minimum Gasteiger partial charge on any atom is -0.490 e. The van der Waals surface area contributed by atoms with Crippen molar-refractivity contribution in [3.63, 3.8) is 0 Å². The van der Waals surface area contributed by atoms with E-state index in [1.54, 1.807) is 0 Å². The van der Waals surface area contributed by atoms with Gasteiger partial charge in [0.2, 0.25) is 0 Å². The molecule has 0 spiro atoms. The molecule has 0 saturated carbocycles. The number of piperidine rings is 1. The van der Waals surface area contributed by atoms with E-state index in [0.717, 1.165) is 67.8 Å². The molecule has 4 rings (SSSR count). The van der Waals surface area contributed by atoms with Gasteiger partial charge in [0.1, 0.15) is 11.9 Å². The van der Waals surface area contributed by atoms with Crippen LogP contribution in [0.2, 0.25) is 0 Å². The maximum Gasteiger partial charge on any atom is 0.416 e. The van der Waals surface area contributed by atoms with Gasteiger partial charge < -0.3 is 15.0 Å². The predicted octanol–water partition coefficient (Wildman–Crippen LogP) is 6.73. The number of carbonyl (C=O) groups is 1. The van der Waals surface area contributed by atoms with Gasteiger partial charge >= 0.3 is 6.18 Å². The van der Waals surface area contributed by atoms with Crippen LogP contribution < -0.4 is 10.1 Å². The standard InChI is InChI=1S/C33H40F3N3O2/c1-32(2,23-38(3)4)22-37-31(40)27-9-6-10-30(20-27)41-29-15-17-39(18-16-29)21-24-7-5-8-26(19-24)25-11-13-28(14-12-25)33(34,35)36/h5-14,19-20,29H,15-18,21-23H2,1-4H3,(H,37,40). The lowest BCUT2D eigenvalue weighted by Crippen LogP contribution is -2.40. The number of nitrogens with one attached hydrogen (secondary N) is 1. The van der Waals surface area contributed by atoms with E-state index in [-0.39, 0.29) is 17.4 Å². The van der Waals surface area contributed by atoms with Crippen molar-refractivity contribution in [2.45, 2.75) is 45.5 Å². The average molecular weight is 568 g/mol. The zero-order valence-electron chi connectivity index (χ0n) is 24.3. The third kappa shape index (κ3) is 9.07. The first-order chi connectivity index (χ1) is 19.4. The van der Waals surface area contributed by atoms with Crippen molar-refractivity contribution < 1.29 is 22.7 Å². The fourth-order valence-corrected chi connectivity index (χ4v) is 5.38. The van der Waals surface area contributed by atoms with Crippen molar-refractivity contribution in [1.29, 1.82) is 0 Å². The fourth-order valence-electron chi connectivity index (χ4n) is 5.38. The van der Waals surface area contributed by atoms with Crippen LogP contribution in [0.5, 0.6) is 5.75 Å². The molecule has 3 aromatic rings. The Kier molecular flexibility index (Phi) is 9.76. The number of likely N-dealkylation sites (tertiary alicyclic amines) is 1. The van der Waals surface area contributed by atoms with Crippen LogP contribution in [0, 0.1) is 5.41 Å². The molecule has 220 valence electrons. The van der Waals surface area contributed by atoms with Crippen LogP contribution >= 0.6 is 0 Å². The van der Waals surface area contributed by atoms with E-state index in [0.29, 0.717) is 17.9 Å². The third-order valence-corrected chi connectivity index (χ3v) is 7.28. The molecule has 1 aliphatic heterocycles. The highest BCUT2D eigenvalue weighted by molar-refractivity contribution is 5.94. The molecular weight excluding hydrogens is 527 g/mol. The smallest absolute Gasteiger partial charge is 0.416 e. The van der Waals surface area contributed by atoms with Crippen molar-refractivity contribution >= 4 is 5.91 Å². The number of hydrogen-bond donors (Lipinski definition) is 1. The van der Waals surface area contributed by atoms with E-state index in [1.807, 2.05) is 62.6 Å². The molecule has 0 radical (unpaired) electrons. The highest BCUT2D eigenvalue weighted by atomic mass is 19.4. The third-order valence-electron chi connectivity index (χ3n) is 7.28. The van der Waals surface area contributed by atoms with Crippen LogP contribution in [0.4, 0.5) is 13.2 Å². The monoisotopic (exact) mass is 567 g/mol. The van der Waals surface area contributed by atoms with Crippen LogP contribution in [0.3, 0.4) is 0 Å². The SMILES string of the molecule is CN(C)CC(C)(C)CNC(=O)c1cccc(OC2CCN(Cc3cccc(-c4ccc(C(F)(F)F)cc4)c3)CC2)c1. The zero-order valence-corrected chi connectivity index (χ0v) is 24.3. The quantitative estimate of drug-likeness (QED) is 0.295. The van der Waals surface area contributed by atoms with Gasteiger partial charge in [-0.2, -0.15) is 13.2 Å². The van der Waals surface area contributed by atoms with Gasteiger partial charge in [0, 0.05) is 38.3 Å². The number of amides is 1. The first kappa shape index (κ1) is 30.6. The van der Waals surface area contributed by atoms with E-state index in [4.69, 9.17) is 4.74 Å². The van der Waals surface area contributed by atoms with Crippen molar-refractivity contribution in [2.75, 3.05) is 40.3 Å². The van der Waals surface area contributed by atoms with Gasteiger partial charge in [-0.3, -0.25) is 9.69 Å². The van der Waals surface area contributed by atoms with Gasteiger partial charge in [-0.15, -0.1) is 0 Å². The molecule has 1 aliphatic rings. The second-order valence-corrected chi connectivity index (χ2v) is 12.0. The maximum absolute atomic E-state index is 12.9. The first-order valence-corrected chi connectivity index (χ1v) is 14.1. The lowest BCUT2D eigenvalue weighted by Gasteiger charge is -2.32. The molecule has 3 aromatic carbocycles. The summed E-state index contributed by atoms with van der Waals surface area (Å²) >= 11 is 0. The summed E-state index contributed by atoms with van der Waals surface area (Å²) < 4.78 is 45.0. The molecule has 0 atom stereocenters. The Morgan fingerprint density at radius 2 is 1.63 bits per heavy atom. The Labute approximate surface area is 241 Å². The number of benzene rings is 3. The topological polar surface area (TPSA) is 44.8 Å². The molecule has 1 saturated heterocycles. The molecule has 0 bridgehead atoms. The van der Waals surface area contributed by atoms with E-state index < -0.39 is 11.7 Å². The van der Waals surface area contributed by atoms with Crippen molar-refractivity contribution in [3.05, 3.63) is 89.5 Å². The molecule has 41 heavy (non-hydrogen) atoms. The summed E-state index contributed by atoms with van der Waals surface area (Å²) in [6.07, 6.45) is -2.53. The number of carbonyl (C=O) groups excluding carboxylic acids is 1. The van der Waals surface area contributed by atoms with E-state index in [1.165, 1.54) is 12.1 Å². The summed E-state index contributed by atoms with van der Waals surface area (Å²) in [5.74, 6) is 0.600. The zero-order chi connectivity index (χ0) is 29.6. The molecule has 0 aliphatic carbocycles. The summed E-state index contributed by atoms with van der Waals surface area (Å²) in [6.45, 7) is 8.23. The summed E-state index contributed by atoms with van der Waals surface area (Å²) in [5, 5.41) is 3.05. The van der Waals surface area contributed by atoms with E-state index in [9.17, 15) is 18.0 Å². The molecule has 1 fully saturated rings. The van der Waals surface area contributed by atoms with E-state index >= 15 is 0 Å². The normalized spacial score (nSPS) is 15.2. The van der Waals surface area contributed by atoms with Crippen LogP contribution in [0.15, 0.2) is 72.8 Å². The number of ether oxygens (including phenoxy) is 1. The molecule has 1 heterocycles. The number of hydrogen-bond acceptors (Lipinski definition) is 4. The van der Waals surface area contributed by atoms with Crippen LogP contribution in [-0.4, -0.2) is 62.1 Å². The summed E-state index contributed by atoms with van der Waals surface area (Å²) in [5.41, 5.74) is 2.70. The van der Waals surface area contributed by atoms with Crippen molar-refractivity contribution in [2.24, 2.45) is 5.41 Å². The van der Waals surface area contributed by atoms with Crippen LogP contribution in [-0.2, 0) is 12.7 Å². The molecular formula is C33H40F3N3O2.